The third-order valence-electron chi connectivity index (χ3n) is 10.8. The van der Waals surface area contributed by atoms with Gasteiger partial charge < -0.3 is 20.8 Å². The Labute approximate surface area is 364 Å². The predicted molar refractivity (Wildman–Crippen MR) is 217 cm³/mol. The number of sulfonamides is 2. The highest BCUT2D eigenvalue weighted by Crippen LogP contribution is 2.47. The molecular formula is C35H40F6N12O6S4. The summed E-state index contributed by atoms with van der Waals surface area (Å²) in [7, 11) is -5.65. The van der Waals surface area contributed by atoms with E-state index in [2.05, 4.69) is 45.6 Å². The topological polar surface area (TPSA) is 234 Å². The van der Waals surface area contributed by atoms with Crippen LogP contribution in [0.2, 0.25) is 0 Å². The number of anilines is 2. The average molecular weight is 967 g/mol. The highest BCUT2D eigenvalue weighted by molar-refractivity contribution is 7.89. The van der Waals surface area contributed by atoms with Crippen LogP contribution in [0, 0.1) is 0 Å². The van der Waals surface area contributed by atoms with E-state index in [1.54, 1.807) is 7.05 Å². The van der Waals surface area contributed by atoms with Gasteiger partial charge in [-0.25, -0.2) is 51.0 Å². The van der Waals surface area contributed by atoms with Gasteiger partial charge in [-0.15, -0.1) is 22.7 Å². The third-order valence-corrected chi connectivity index (χ3v) is 16.4. The molecule has 0 bridgehead atoms. The summed E-state index contributed by atoms with van der Waals surface area (Å²) in [6, 6.07) is -0.758. The molecule has 2 aliphatic rings. The Kier molecular flexibility index (Phi) is 12.4. The van der Waals surface area contributed by atoms with Crippen LogP contribution in [0.15, 0.2) is 42.1 Å². The summed E-state index contributed by atoms with van der Waals surface area (Å²) >= 11 is 1.15. The lowest BCUT2D eigenvalue weighted by molar-refractivity contribution is -0.143. The van der Waals surface area contributed by atoms with Crippen molar-refractivity contribution in [1.29, 1.82) is 0 Å². The molecule has 18 nitrogen and oxygen atoms in total. The quantitative estimate of drug-likeness (QED) is 0.126. The first-order chi connectivity index (χ1) is 29.2. The number of aliphatic hydroxyl groups is 2. The van der Waals surface area contributed by atoms with Crippen molar-refractivity contribution in [3.05, 3.63) is 58.3 Å². The Morgan fingerprint density at radius 2 is 1.08 bits per heavy atom. The summed E-state index contributed by atoms with van der Waals surface area (Å²) in [5, 5.41) is 32.9. The molecule has 0 spiro atoms. The predicted octanol–water partition coefficient (Wildman–Crippen LogP) is 4.50. The molecular weight excluding hydrogens is 927 g/mol. The van der Waals surface area contributed by atoms with Gasteiger partial charge in [-0.1, -0.05) is 0 Å². The fourth-order valence-corrected chi connectivity index (χ4v) is 11.4. The first kappa shape index (κ1) is 46.5. The van der Waals surface area contributed by atoms with Crippen LogP contribution in [-0.4, -0.2) is 120 Å². The number of nitrogens with one attached hydrogen (secondary N) is 2. The van der Waals surface area contributed by atoms with Crippen molar-refractivity contribution < 1.29 is 53.4 Å². The minimum atomic E-state index is -4.93. The van der Waals surface area contributed by atoms with E-state index in [-0.39, 0.29) is 81.6 Å². The molecule has 342 valence electrons. The number of alkyl halides is 6. The van der Waals surface area contributed by atoms with E-state index >= 15 is 0 Å². The standard InChI is InChI=1S/C35H40F6N12O6S4/c1-32(54,28-42-16-24(60-28)26-22(34(36,37)38)14-44-30(49-26)47-19-5-9-52(10-6-19)62(4,56)57)33(2,55)29-43-17-25(61-29)27-23(35(39,40)41)15-45-31(50-27)48-20-7-11-53(12-8-20)63(58,59)21-13-46-51(3)18-21/h13-20,54-55H,5-12H2,1-4H3,(H,44,47,49)(H,45,48,50). The van der Waals surface area contributed by atoms with E-state index in [9.17, 15) is 53.4 Å². The number of thiazole rings is 2. The van der Waals surface area contributed by atoms with Gasteiger partial charge in [0.1, 0.15) is 37.2 Å². The van der Waals surface area contributed by atoms with E-state index in [1.165, 1.54) is 25.7 Å². The lowest BCUT2D eigenvalue weighted by Crippen LogP contribution is -2.44. The van der Waals surface area contributed by atoms with Crippen LogP contribution in [0.5, 0.6) is 0 Å². The van der Waals surface area contributed by atoms with Gasteiger partial charge in [0.2, 0.25) is 31.9 Å². The monoisotopic (exact) mass is 966 g/mol. The molecule has 28 heteroatoms. The zero-order valence-electron chi connectivity index (χ0n) is 33.7. The number of halogens is 6. The second kappa shape index (κ2) is 16.8. The lowest BCUT2D eigenvalue weighted by atomic mass is 9.87. The van der Waals surface area contributed by atoms with E-state index in [0.29, 0.717) is 47.9 Å². The summed E-state index contributed by atoms with van der Waals surface area (Å²) in [4.78, 5) is 23.9. The van der Waals surface area contributed by atoms with Crippen molar-refractivity contribution in [2.45, 2.75) is 80.1 Å². The minimum absolute atomic E-state index is 0.0287. The number of hydrogen-bond acceptors (Lipinski definition) is 17. The molecule has 0 aliphatic carbocycles. The number of aryl methyl sites for hydroxylation is 1. The molecule has 5 aromatic heterocycles. The summed E-state index contributed by atoms with van der Waals surface area (Å²) < 4.78 is 140. The molecule has 0 amide bonds. The average Bonchev–Trinajstić information content (AvgIpc) is 4.00. The van der Waals surface area contributed by atoms with Crippen molar-refractivity contribution in [3.63, 3.8) is 0 Å². The van der Waals surface area contributed by atoms with Gasteiger partial charge in [-0.3, -0.25) is 4.68 Å². The second-order valence-corrected chi connectivity index (χ2v) is 21.3. The first-order valence-electron chi connectivity index (χ1n) is 19.0. The molecule has 63 heavy (non-hydrogen) atoms. The van der Waals surface area contributed by atoms with Gasteiger partial charge in [0.25, 0.3) is 0 Å². The van der Waals surface area contributed by atoms with E-state index < -0.39 is 72.2 Å². The lowest BCUT2D eigenvalue weighted by Gasteiger charge is -2.35. The molecule has 2 atom stereocenters. The van der Waals surface area contributed by atoms with Crippen LogP contribution >= 0.6 is 22.7 Å². The number of hydrogen-bond donors (Lipinski definition) is 4. The highest BCUT2D eigenvalue weighted by Gasteiger charge is 2.50. The van der Waals surface area contributed by atoms with E-state index in [0.717, 1.165) is 32.5 Å². The van der Waals surface area contributed by atoms with Crippen LogP contribution in [0.4, 0.5) is 38.2 Å². The van der Waals surface area contributed by atoms with Gasteiger partial charge in [0.05, 0.1) is 33.6 Å². The molecule has 0 radical (unpaired) electrons. The summed E-state index contributed by atoms with van der Waals surface area (Å²) in [5.41, 5.74) is -8.41. The number of nitrogens with zero attached hydrogens (tertiary/aromatic N) is 10. The van der Waals surface area contributed by atoms with Crippen LogP contribution in [0.25, 0.3) is 21.1 Å². The summed E-state index contributed by atoms with van der Waals surface area (Å²) in [6.07, 6.45) is -1.70. The first-order valence-corrected chi connectivity index (χ1v) is 23.9. The molecule has 2 saturated heterocycles. The molecule has 4 N–H and O–H groups in total. The second-order valence-electron chi connectivity index (χ2n) is 15.4. The Morgan fingerprint density at radius 3 is 1.44 bits per heavy atom. The maximum absolute atomic E-state index is 14.3. The molecule has 5 aromatic rings. The van der Waals surface area contributed by atoms with Gasteiger partial charge >= 0.3 is 12.4 Å². The van der Waals surface area contributed by atoms with Crippen molar-refractivity contribution in [2.24, 2.45) is 7.05 Å². The normalized spacial score (nSPS) is 18.9. The van der Waals surface area contributed by atoms with Gasteiger partial charge in [-0.05, 0) is 39.5 Å². The summed E-state index contributed by atoms with van der Waals surface area (Å²) in [6.45, 7) is 2.82. The van der Waals surface area contributed by atoms with E-state index in [4.69, 9.17) is 0 Å². The van der Waals surface area contributed by atoms with Crippen LogP contribution in [-0.2, 0) is 50.6 Å². The Hall–Kier alpha value is -4.45. The zero-order chi connectivity index (χ0) is 45.9. The number of aromatic nitrogens is 8. The third kappa shape index (κ3) is 9.67. The Bertz CT molecular complexity index is 2690. The van der Waals surface area contributed by atoms with Gasteiger partial charge in [0, 0.05) is 76.3 Å². The fourth-order valence-electron chi connectivity index (χ4n) is 6.95. The number of piperidine rings is 2. The minimum Gasteiger partial charge on any atom is -0.379 e. The highest BCUT2D eigenvalue weighted by atomic mass is 32.2. The maximum atomic E-state index is 14.3. The SMILES string of the molecule is Cn1cc(S(=O)(=O)N2CCC(Nc3ncc(C(F)(F)F)c(-c4cnc(C(C)(O)C(C)(O)c5ncc(-c6nc(NC7CCN(S(C)(=O)=O)CC7)ncc6C(F)(F)F)s5)s4)n3)CC2)cn1. The summed E-state index contributed by atoms with van der Waals surface area (Å²) in [5.74, 6) is -0.354. The van der Waals surface area contributed by atoms with Crippen molar-refractivity contribution in [1.82, 2.24) is 48.3 Å². The van der Waals surface area contributed by atoms with Crippen LogP contribution < -0.4 is 10.6 Å². The molecule has 7 heterocycles. The Balaban J connectivity index is 1.10. The zero-order valence-corrected chi connectivity index (χ0v) is 36.9. The Morgan fingerprint density at radius 1 is 0.667 bits per heavy atom. The van der Waals surface area contributed by atoms with Crippen LogP contribution in [0.1, 0.15) is 60.7 Å². The van der Waals surface area contributed by atoms with Crippen molar-refractivity contribution >= 4 is 54.6 Å². The fraction of sp³-hybridized carbons (Fsp3) is 0.514. The van der Waals surface area contributed by atoms with Gasteiger partial charge in [0.15, 0.2) is 0 Å². The largest absolute Gasteiger partial charge is 0.420 e. The molecule has 0 aromatic carbocycles. The number of rotatable bonds is 12. The van der Waals surface area contributed by atoms with Gasteiger partial charge in [-0.2, -0.15) is 35.7 Å². The molecule has 7 rings (SSSR count). The maximum Gasteiger partial charge on any atom is 0.420 e. The van der Waals surface area contributed by atoms with Crippen molar-refractivity contribution in [3.8, 4) is 21.1 Å². The molecule has 2 unspecified atom stereocenters. The van der Waals surface area contributed by atoms with Crippen LogP contribution in [0.3, 0.4) is 0 Å². The van der Waals surface area contributed by atoms with Crippen molar-refractivity contribution in [2.75, 3.05) is 43.1 Å². The molecule has 2 aliphatic heterocycles. The molecule has 0 saturated carbocycles. The smallest absolute Gasteiger partial charge is 0.379 e. The van der Waals surface area contributed by atoms with E-state index in [1.807, 2.05) is 0 Å². The molecule has 2 fully saturated rings.